The quantitative estimate of drug-likeness (QED) is 0.704. The molecule has 0 radical (unpaired) electrons. The van der Waals surface area contributed by atoms with Crippen LogP contribution in [0.1, 0.15) is 28.0 Å². The van der Waals surface area contributed by atoms with Crippen molar-refractivity contribution >= 4 is 29.2 Å². The zero-order chi connectivity index (χ0) is 17.8. The van der Waals surface area contributed by atoms with E-state index >= 15 is 0 Å². The number of hydrogen-bond donors (Lipinski definition) is 1. The normalized spacial score (nSPS) is 10.5. The molecule has 0 aliphatic heterocycles. The standard InChI is InChI=1S/C17H14ClN3O4/c1-2-24-17(23)13-9-10-21(20-13)12-5-3-11(4-6-12)19-16(22)14-7-8-15(18)25-14/h3-10H,2H2,1H3,(H,19,22). The summed E-state index contributed by atoms with van der Waals surface area (Å²) >= 11 is 5.65. The highest BCUT2D eigenvalue weighted by molar-refractivity contribution is 6.29. The van der Waals surface area contributed by atoms with Crippen LogP contribution in [0.2, 0.25) is 5.22 Å². The van der Waals surface area contributed by atoms with Gasteiger partial charge in [0.15, 0.2) is 16.7 Å². The predicted molar refractivity (Wildman–Crippen MR) is 91.2 cm³/mol. The Hall–Kier alpha value is -3.06. The van der Waals surface area contributed by atoms with Gasteiger partial charge in [-0.2, -0.15) is 5.10 Å². The highest BCUT2D eigenvalue weighted by Crippen LogP contribution is 2.17. The van der Waals surface area contributed by atoms with Gasteiger partial charge in [0.2, 0.25) is 0 Å². The average molecular weight is 360 g/mol. The number of nitrogens with one attached hydrogen (secondary N) is 1. The molecule has 0 aliphatic rings. The number of furan rings is 1. The zero-order valence-electron chi connectivity index (χ0n) is 13.2. The van der Waals surface area contributed by atoms with Gasteiger partial charge in [-0.05, 0) is 61.0 Å². The highest BCUT2D eigenvalue weighted by atomic mass is 35.5. The van der Waals surface area contributed by atoms with Gasteiger partial charge in [-0.3, -0.25) is 4.79 Å². The molecular formula is C17H14ClN3O4. The Kier molecular flexibility index (Phi) is 4.85. The van der Waals surface area contributed by atoms with Gasteiger partial charge in [0, 0.05) is 11.9 Å². The molecule has 1 N–H and O–H groups in total. The molecule has 7 nitrogen and oxygen atoms in total. The Labute approximate surface area is 148 Å². The summed E-state index contributed by atoms with van der Waals surface area (Å²) in [7, 11) is 0. The Morgan fingerprint density at radius 2 is 1.96 bits per heavy atom. The fraction of sp³-hybridized carbons (Fsp3) is 0.118. The van der Waals surface area contributed by atoms with Gasteiger partial charge in [0.1, 0.15) is 0 Å². The van der Waals surface area contributed by atoms with Crippen molar-refractivity contribution in [2.24, 2.45) is 0 Å². The maximum absolute atomic E-state index is 12.0. The first kappa shape index (κ1) is 16.8. The van der Waals surface area contributed by atoms with Crippen LogP contribution in [0.15, 0.2) is 53.1 Å². The molecule has 0 saturated carbocycles. The summed E-state index contributed by atoms with van der Waals surface area (Å²) in [6.07, 6.45) is 1.66. The fourth-order valence-corrected chi connectivity index (χ4v) is 2.25. The number of anilines is 1. The van der Waals surface area contributed by atoms with Crippen molar-refractivity contribution < 1.29 is 18.7 Å². The second kappa shape index (κ2) is 7.23. The summed E-state index contributed by atoms with van der Waals surface area (Å²) in [4.78, 5) is 23.6. The summed E-state index contributed by atoms with van der Waals surface area (Å²) in [5.41, 5.74) is 1.54. The molecule has 1 amide bonds. The smallest absolute Gasteiger partial charge is 0.358 e. The van der Waals surface area contributed by atoms with E-state index in [1.165, 1.54) is 12.1 Å². The topological polar surface area (TPSA) is 86.4 Å². The minimum Gasteiger partial charge on any atom is -0.461 e. The van der Waals surface area contributed by atoms with E-state index in [2.05, 4.69) is 10.4 Å². The summed E-state index contributed by atoms with van der Waals surface area (Å²) in [6.45, 7) is 2.03. The van der Waals surface area contributed by atoms with Crippen LogP contribution < -0.4 is 5.32 Å². The monoisotopic (exact) mass is 359 g/mol. The summed E-state index contributed by atoms with van der Waals surface area (Å²) in [5, 5.41) is 7.01. The van der Waals surface area contributed by atoms with E-state index in [1.54, 1.807) is 48.1 Å². The molecule has 3 aromatic rings. The van der Waals surface area contributed by atoms with E-state index in [9.17, 15) is 9.59 Å². The molecule has 2 aromatic heterocycles. The van der Waals surface area contributed by atoms with Gasteiger partial charge in [-0.25, -0.2) is 9.48 Å². The third kappa shape index (κ3) is 3.89. The Morgan fingerprint density at radius 3 is 2.60 bits per heavy atom. The number of carbonyl (C=O) groups excluding carboxylic acids is 2. The van der Waals surface area contributed by atoms with Crippen molar-refractivity contribution in [3.05, 3.63) is 65.3 Å². The number of hydrogen-bond acceptors (Lipinski definition) is 5. The molecule has 128 valence electrons. The van der Waals surface area contributed by atoms with Crippen molar-refractivity contribution in [3.8, 4) is 5.69 Å². The molecule has 3 rings (SSSR count). The number of nitrogens with zero attached hydrogens (tertiary/aromatic N) is 2. The number of esters is 1. The van der Waals surface area contributed by atoms with Crippen molar-refractivity contribution in [2.75, 3.05) is 11.9 Å². The van der Waals surface area contributed by atoms with Crippen LogP contribution in [0.4, 0.5) is 5.69 Å². The third-order valence-corrected chi connectivity index (χ3v) is 3.46. The van der Waals surface area contributed by atoms with E-state index in [0.29, 0.717) is 12.3 Å². The lowest BCUT2D eigenvalue weighted by molar-refractivity contribution is 0.0519. The van der Waals surface area contributed by atoms with E-state index in [1.807, 2.05) is 0 Å². The molecule has 2 heterocycles. The van der Waals surface area contributed by atoms with Crippen LogP contribution in [-0.2, 0) is 4.74 Å². The Morgan fingerprint density at radius 1 is 1.20 bits per heavy atom. The number of carbonyl (C=O) groups is 2. The molecule has 25 heavy (non-hydrogen) atoms. The molecular weight excluding hydrogens is 346 g/mol. The van der Waals surface area contributed by atoms with Crippen LogP contribution in [0.5, 0.6) is 0 Å². The first-order valence-electron chi connectivity index (χ1n) is 7.46. The number of aromatic nitrogens is 2. The van der Waals surface area contributed by atoms with E-state index in [4.69, 9.17) is 20.8 Å². The summed E-state index contributed by atoms with van der Waals surface area (Å²) in [6, 6.07) is 11.5. The highest BCUT2D eigenvalue weighted by Gasteiger charge is 2.12. The molecule has 0 saturated heterocycles. The Bertz CT molecular complexity index is 899. The van der Waals surface area contributed by atoms with Crippen molar-refractivity contribution in [1.82, 2.24) is 9.78 Å². The number of ether oxygens (including phenoxy) is 1. The third-order valence-electron chi connectivity index (χ3n) is 3.26. The first-order chi connectivity index (χ1) is 12.1. The number of rotatable bonds is 5. The van der Waals surface area contributed by atoms with E-state index < -0.39 is 11.9 Å². The van der Waals surface area contributed by atoms with Gasteiger partial charge in [0.05, 0.1) is 12.3 Å². The average Bonchev–Trinajstić information content (AvgIpc) is 3.25. The molecule has 0 atom stereocenters. The van der Waals surface area contributed by atoms with Crippen LogP contribution in [0.3, 0.4) is 0 Å². The maximum atomic E-state index is 12.0. The molecule has 1 aromatic carbocycles. The Balaban J connectivity index is 1.70. The van der Waals surface area contributed by atoms with E-state index in [-0.39, 0.29) is 16.7 Å². The van der Waals surface area contributed by atoms with Crippen LogP contribution in [-0.4, -0.2) is 28.3 Å². The number of halogens is 1. The molecule has 8 heteroatoms. The zero-order valence-corrected chi connectivity index (χ0v) is 14.0. The van der Waals surface area contributed by atoms with Gasteiger partial charge < -0.3 is 14.5 Å². The van der Waals surface area contributed by atoms with Gasteiger partial charge in [-0.15, -0.1) is 0 Å². The lowest BCUT2D eigenvalue weighted by Gasteiger charge is -2.05. The van der Waals surface area contributed by atoms with Crippen LogP contribution >= 0.6 is 11.6 Å². The molecule has 0 spiro atoms. The minimum absolute atomic E-state index is 0.125. The van der Waals surface area contributed by atoms with Gasteiger partial charge in [0.25, 0.3) is 5.91 Å². The molecule has 0 aliphatic carbocycles. The summed E-state index contributed by atoms with van der Waals surface area (Å²) in [5.74, 6) is -0.745. The minimum atomic E-state index is -0.470. The van der Waals surface area contributed by atoms with Crippen molar-refractivity contribution in [2.45, 2.75) is 6.92 Å². The largest absolute Gasteiger partial charge is 0.461 e. The van der Waals surface area contributed by atoms with Crippen LogP contribution in [0, 0.1) is 0 Å². The number of amides is 1. The first-order valence-corrected chi connectivity index (χ1v) is 7.84. The van der Waals surface area contributed by atoms with Crippen molar-refractivity contribution in [1.29, 1.82) is 0 Å². The second-order valence-electron chi connectivity index (χ2n) is 4.97. The van der Waals surface area contributed by atoms with Crippen LogP contribution in [0.25, 0.3) is 5.69 Å². The van der Waals surface area contributed by atoms with Gasteiger partial charge >= 0.3 is 5.97 Å². The van der Waals surface area contributed by atoms with E-state index in [0.717, 1.165) is 5.69 Å². The molecule has 0 bridgehead atoms. The number of benzene rings is 1. The molecule has 0 fully saturated rings. The fourth-order valence-electron chi connectivity index (χ4n) is 2.11. The maximum Gasteiger partial charge on any atom is 0.358 e. The SMILES string of the molecule is CCOC(=O)c1ccn(-c2ccc(NC(=O)c3ccc(Cl)o3)cc2)n1. The lowest BCUT2D eigenvalue weighted by Crippen LogP contribution is -2.10. The van der Waals surface area contributed by atoms with Crippen molar-refractivity contribution in [3.63, 3.8) is 0 Å². The van der Waals surface area contributed by atoms with Gasteiger partial charge in [-0.1, -0.05) is 0 Å². The lowest BCUT2D eigenvalue weighted by atomic mass is 10.2. The predicted octanol–water partition coefficient (Wildman–Crippen LogP) is 3.55. The summed E-state index contributed by atoms with van der Waals surface area (Å²) < 4.78 is 11.5. The second-order valence-corrected chi connectivity index (χ2v) is 5.34. The molecule has 0 unspecified atom stereocenters.